The van der Waals surface area contributed by atoms with Crippen LogP contribution in [0.15, 0.2) is 66.2 Å². The van der Waals surface area contributed by atoms with Gasteiger partial charge in [0.05, 0.1) is 4.47 Å². The average molecular weight is 537 g/mol. The fourth-order valence-electron chi connectivity index (χ4n) is 1.92. The van der Waals surface area contributed by atoms with E-state index in [0.717, 1.165) is 26.3 Å². The SMILES string of the molecule is Brc1cncnc1.O=C(O)c1ccc(-c2cncnc2)s1.O=C(O)c1ccc(B(O)O)s1. The van der Waals surface area contributed by atoms with E-state index in [1.165, 1.54) is 36.1 Å². The fraction of sp³-hybridized carbons (Fsp3) is 0. The van der Waals surface area contributed by atoms with E-state index in [4.69, 9.17) is 20.3 Å². The fourth-order valence-corrected chi connectivity index (χ4v) is 3.70. The molecule has 164 valence electrons. The number of halogens is 1. The van der Waals surface area contributed by atoms with Crippen molar-refractivity contribution in [3.63, 3.8) is 0 Å². The normalized spacial score (nSPS) is 9.59. The second-order valence-electron chi connectivity index (χ2n) is 5.53. The summed E-state index contributed by atoms with van der Waals surface area (Å²) >= 11 is 5.25. The first kappa shape index (κ1) is 25.2. The standard InChI is InChI=1S/C9H6N2O2S.C5H5BO4S.C4H3BrN2/c12-9(13)8-2-1-7(14-8)6-3-10-5-11-4-6;7-5(8)3-1-2-4(11-3)6(9)10;5-4-1-6-3-7-2-4/h1-5H,(H,12,13);1-2,9-10H,(H,7,8);1-3H. The molecule has 0 unspecified atom stereocenters. The van der Waals surface area contributed by atoms with Crippen LogP contribution in [0.1, 0.15) is 19.3 Å². The molecule has 4 rings (SSSR count). The van der Waals surface area contributed by atoms with Gasteiger partial charge in [0.2, 0.25) is 0 Å². The molecule has 0 spiro atoms. The van der Waals surface area contributed by atoms with E-state index in [1.807, 2.05) is 0 Å². The van der Waals surface area contributed by atoms with Crippen LogP contribution in [0.25, 0.3) is 10.4 Å². The molecule has 0 fully saturated rings. The minimum Gasteiger partial charge on any atom is -0.477 e. The monoisotopic (exact) mass is 536 g/mol. The molecule has 10 nitrogen and oxygen atoms in total. The highest BCUT2D eigenvalue weighted by Crippen LogP contribution is 2.26. The molecule has 0 atom stereocenters. The van der Waals surface area contributed by atoms with Crippen LogP contribution in [0, 0.1) is 0 Å². The Morgan fingerprint density at radius 1 is 0.781 bits per heavy atom. The van der Waals surface area contributed by atoms with Gasteiger partial charge in [-0.05, 0) is 34.1 Å². The van der Waals surface area contributed by atoms with E-state index >= 15 is 0 Å². The number of aromatic nitrogens is 4. The Kier molecular flexibility index (Phi) is 10.0. The van der Waals surface area contributed by atoms with Crippen LogP contribution >= 0.6 is 38.6 Å². The predicted octanol–water partition coefficient (Wildman–Crippen LogP) is 2.27. The van der Waals surface area contributed by atoms with Crippen molar-refractivity contribution < 1.29 is 29.9 Å². The third kappa shape index (κ3) is 8.24. The molecule has 0 aliphatic heterocycles. The summed E-state index contributed by atoms with van der Waals surface area (Å²) in [5, 5.41) is 34.3. The van der Waals surface area contributed by atoms with E-state index in [2.05, 4.69) is 35.9 Å². The highest BCUT2D eigenvalue weighted by Gasteiger charge is 2.15. The van der Waals surface area contributed by atoms with Crippen molar-refractivity contribution in [3.8, 4) is 10.4 Å². The van der Waals surface area contributed by atoms with Crippen molar-refractivity contribution in [1.82, 2.24) is 19.9 Å². The lowest BCUT2D eigenvalue weighted by atomic mass is 9.90. The minimum absolute atomic E-state index is 0.105. The highest BCUT2D eigenvalue weighted by atomic mass is 79.9. The van der Waals surface area contributed by atoms with Gasteiger partial charge >= 0.3 is 19.1 Å². The second-order valence-corrected chi connectivity index (χ2v) is 8.65. The number of thiophene rings is 2. The highest BCUT2D eigenvalue weighted by molar-refractivity contribution is 9.10. The van der Waals surface area contributed by atoms with Gasteiger partial charge in [-0.15, -0.1) is 22.7 Å². The van der Waals surface area contributed by atoms with Crippen LogP contribution in [0.3, 0.4) is 0 Å². The van der Waals surface area contributed by atoms with Gasteiger partial charge in [-0.25, -0.2) is 29.5 Å². The van der Waals surface area contributed by atoms with Gasteiger partial charge in [0.1, 0.15) is 22.4 Å². The first-order valence-corrected chi connectivity index (χ1v) is 10.9. The third-order valence-electron chi connectivity index (χ3n) is 3.28. The molecule has 0 aliphatic rings. The van der Waals surface area contributed by atoms with E-state index in [-0.39, 0.29) is 9.65 Å². The number of nitrogens with zero attached hydrogens (tertiary/aromatic N) is 4. The van der Waals surface area contributed by atoms with Crippen molar-refractivity contribution in [2.45, 2.75) is 0 Å². The number of carbonyl (C=O) groups is 2. The molecule has 4 aromatic heterocycles. The number of hydrogen-bond donors (Lipinski definition) is 4. The Morgan fingerprint density at radius 3 is 1.66 bits per heavy atom. The van der Waals surface area contributed by atoms with Crippen LogP contribution in [0.5, 0.6) is 0 Å². The van der Waals surface area contributed by atoms with E-state index < -0.39 is 19.1 Å². The minimum atomic E-state index is -1.58. The van der Waals surface area contributed by atoms with Crippen molar-refractivity contribution in [2.75, 3.05) is 0 Å². The lowest BCUT2D eigenvalue weighted by Gasteiger charge is -1.92. The maximum Gasteiger partial charge on any atom is 0.499 e. The first-order chi connectivity index (χ1) is 15.3. The molecular weight excluding hydrogens is 523 g/mol. The lowest BCUT2D eigenvalue weighted by molar-refractivity contribution is 0.0691. The second kappa shape index (κ2) is 12.7. The van der Waals surface area contributed by atoms with Crippen LogP contribution < -0.4 is 4.78 Å². The summed E-state index contributed by atoms with van der Waals surface area (Å²) in [6.07, 6.45) is 9.62. The van der Waals surface area contributed by atoms with Crippen molar-refractivity contribution >= 4 is 62.4 Å². The maximum absolute atomic E-state index is 10.6. The topological polar surface area (TPSA) is 167 Å². The van der Waals surface area contributed by atoms with Gasteiger partial charge in [0, 0.05) is 40.0 Å². The first-order valence-electron chi connectivity index (χ1n) is 8.46. The smallest absolute Gasteiger partial charge is 0.477 e. The molecular formula is C18H14BBrN4O6S2. The number of rotatable bonds is 4. The van der Waals surface area contributed by atoms with Gasteiger partial charge in [0.25, 0.3) is 0 Å². The average Bonchev–Trinajstić information content (AvgIpc) is 3.46. The molecule has 4 heterocycles. The summed E-state index contributed by atoms with van der Waals surface area (Å²) in [4.78, 5) is 37.4. The maximum atomic E-state index is 10.6. The summed E-state index contributed by atoms with van der Waals surface area (Å²) in [5.74, 6) is -1.96. The van der Waals surface area contributed by atoms with Crippen LogP contribution in [-0.4, -0.2) is 59.3 Å². The van der Waals surface area contributed by atoms with Gasteiger partial charge in [-0.2, -0.15) is 0 Å². The molecule has 4 aromatic rings. The molecule has 0 saturated heterocycles. The molecule has 0 aliphatic carbocycles. The zero-order valence-electron chi connectivity index (χ0n) is 15.9. The Bertz CT molecular complexity index is 1140. The van der Waals surface area contributed by atoms with E-state index in [1.54, 1.807) is 36.9 Å². The predicted molar refractivity (Wildman–Crippen MR) is 123 cm³/mol. The molecule has 0 aromatic carbocycles. The Balaban J connectivity index is 0.000000180. The van der Waals surface area contributed by atoms with Gasteiger partial charge in [0.15, 0.2) is 0 Å². The van der Waals surface area contributed by atoms with Crippen molar-refractivity contribution in [1.29, 1.82) is 0 Å². The molecule has 0 amide bonds. The summed E-state index contributed by atoms with van der Waals surface area (Å²) in [6.45, 7) is 0. The summed E-state index contributed by atoms with van der Waals surface area (Å²) < 4.78 is 1.15. The Hall–Kier alpha value is -3.04. The largest absolute Gasteiger partial charge is 0.499 e. The summed E-state index contributed by atoms with van der Waals surface area (Å²) in [6, 6.07) is 6.04. The summed E-state index contributed by atoms with van der Waals surface area (Å²) in [7, 11) is -1.58. The Morgan fingerprint density at radius 2 is 1.28 bits per heavy atom. The van der Waals surface area contributed by atoms with Crippen molar-refractivity contribution in [2.24, 2.45) is 0 Å². The number of carboxylic acids is 2. The molecule has 32 heavy (non-hydrogen) atoms. The number of carboxylic acid groups (broad SMARTS) is 2. The zero-order valence-corrected chi connectivity index (χ0v) is 19.2. The van der Waals surface area contributed by atoms with E-state index in [9.17, 15) is 9.59 Å². The number of aromatic carboxylic acids is 2. The lowest BCUT2D eigenvalue weighted by Crippen LogP contribution is -2.26. The van der Waals surface area contributed by atoms with Crippen LogP contribution in [0.4, 0.5) is 0 Å². The molecule has 0 saturated carbocycles. The van der Waals surface area contributed by atoms with Gasteiger partial charge < -0.3 is 20.3 Å². The summed E-state index contributed by atoms with van der Waals surface area (Å²) in [5.41, 5.74) is 0.838. The zero-order chi connectivity index (χ0) is 23.5. The van der Waals surface area contributed by atoms with Crippen LogP contribution in [-0.2, 0) is 0 Å². The third-order valence-corrected chi connectivity index (χ3v) is 5.93. The van der Waals surface area contributed by atoms with Crippen LogP contribution in [0.2, 0.25) is 0 Å². The Labute approximate surface area is 198 Å². The molecule has 4 N–H and O–H groups in total. The molecule has 14 heteroatoms. The van der Waals surface area contributed by atoms with Gasteiger partial charge in [-0.1, -0.05) is 6.07 Å². The van der Waals surface area contributed by atoms with Crippen molar-refractivity contribution in [3.05, 3.63) is 75.9 Å². The molecule has 0 radical (unpaired) electrons. The molecule has 0 bridgehead atoms. The van der Waals surface area contributed by atoms with Gasteiger partial charge in [-0.3, -0.25) is 0 Å². The quantitative estimate of drug-likeness (QED) is 0.284. The number of hydrogen-bond acceptors (Lipinski definition) is 10. The van der Waals surface area contributed by atoms with E-state index in [0.29, 0.717) is 4.88 Å².